The summed E-state index contributed by atoms with van der Waals surface area (Å²) < 4.78 is 92.7. The molecule has 3 rings (SSSR count). The lowest BCUT2D eigenvalue weighted by atomic mass is 9.94. The van der Waals surface area contributed by atoms with E-state index in [0.29, 0.717) is 17.7 Å². The zero-order chi connectivity index (χ0) is 26.9. The Morgan fingerprint density at radius 2 is 1.14 bits per heavy atom. The maximum absolute atomic E-state index is 14.4. The Morgan fingerprint density at radius 1 is 0.639 bits per heavy atom. The van der Waals surface area contributed by atoms with Crippen molar-refractivity contribution < 1.29 is 40.3 Å². The van der Waals surface area contributed by atoms with Crippen LogP contribution >= 0.6 is 45.2 Å². The van der Waals surface area contributed by atoms with Crippen molar-refractivity contribution in [2.75, 3.05) is 10.6 Å². The summed E-state index contributed by atoms with van der Waals surface area (Å²) in [6, 6.07) is 14.7. The highest BCUT2D eigenvalue weighted by Crippen LogP contribution is 2.54. The summed E-state index contributed by atoms with van der Waals surface area (Å²) in [4.78, 5) is 25.1. The SMILES string of the molecule is O=C(Nc1cccc(C(=O)Nc2c(I)cc(C(F)(C(F)(F)F)C(F)(F)F)cc2I)c1)c1ccccc1. The first-order valence-corrected chi connectivity index (χ1v) is 11.9. The maximum Gasteiger partial charge on any atom is 0.435 e. The molecule has 36 heavy (non-hydrogen) atoms. The van der Waals surface area contributed by atoms with E-state index in [4.69, 9.17) is 0 Å². The highest BCUT2D eigenvalue weighted by molar-refractivity contribution is 14.1. The third-order valence-corrected chi connectivity index (χ3v) is 6.58. The lowest BCUT2D eigenvalue weighted by Gasteiger charge is -2.31. The maximum atomic E-state index is 14.4. The van der Waals surface area contributed by atoms with Crippen LogP contribution in [0.2, 0.25) is 0 Å². The van der Waals surface area contributed by atoms with Crippen molar-refractivity contribution in [3.05, 3.63) is 90.6 Å². The molecule has 0 atom stereocenters. The standard InChI is InChI=1S/C23H13F7I2N2O2/c24-21(22(25,26)27,23(28,29)30)14-10-16(31)18(17(32)11-14)34-20(36)13-7-4-8-15(9-13)33-19(35)12-5-2-1-3-6-12/h1-11H,(H,33,35)(H,34,36). The highest BCUT2D eigenvalue weighted by atomic mass is 127. The van der Waals surface area contributed by atoms with Crippen LogP contribution < -0.4 is 10.6 Å². The van der Waals surface area contributed by atoms with E-state index in [-0.39, 0.29) is 24.1 Å². The number of benzene rings is 3. The van der Waals surface area contributed by atoms with Crippen molar-refractivity contribution in [2.45, 2.75) is 18.0 Å². The summed E-state index contributed by atoms with van der Waals surface area (Å²) in [7, 11) is 0. The topological polar surface area (TPSA) is 58.2 Å². The van der Waals surface area contributed by atoms with E-state index in [2.05, 4.69) is 10.6 Å². The second-order valence-electron chi connectivity index (χ2n) is 7.32. The Balaban J connectivity index is 1.87. The van der Waals surface area contributed by atoms with Gasteiger partial charge in [-0.3, -0.25) is 9.59 Å². The molecule has 0 saturated carbocycles. The highest BCUT2D eigenvalue weighted by Gasteiger charge is 2.73. The van der Waals surface area contributed by atoms with Gasteiger partial charge in [0.1, 0.15) is 0 Å². The fourth-order valence-corrected chi connectivity index (χ4v) is 5.13. The number of hydrogen-bond acceptors (Lipinski definition) is 2. The number of halogens is 9. The van der Waals surface area contributed by atoms with Gasteiger partial charge < -0.3 is 10.6 Å². The molecule has 2 amide bonds. The van der Waals surface area contributed by atoms with Gasteiger partial charge in [0, 0.05) is 29.5 Å². The van der Waals surface area contributed by atoms with E-state index in [1.165, 1.54) is 69.4 Å². The first kappa shape index (κ1) is 28.1. The van der Waals surface area contributed by atoms with Crippen LogP contribution in [0.3, 0.4) is 0 Å². The van der Waals surface area contributed by atoms with Gasteiger partial charge in [0.05, 0.1) is 5.69 Å². The average molecular weight is 736 g/mol. The van der Waals surface area contributed by atoms with Crippen LogP contribution in [-0.2, 0) is 5.67 Å². The van der Waals surface area contributed by atoms with E-state index in [0.717, 1.165) is 0 Å². The largest absolute Gasteiger partial charge is 0.435 e. The molecule has 0 saturated heterocycles. The predicted molar refractivity (Wildman–Crippen MR) is 136 cm³/mol. The van der Waals surface area contributed by atoms with Crippen LogP contribution in [0.25, 0.3) is 0 Å². The van der Waals surface area contributed by atoms with Gasteiger partial charge in [0.2, 0.25) is 0 Å². The summed E-state index contributed by atoms with van der Waals surface area (Å²) in [5, 5.41) is 5.03. The Kier molecular flexibility index (Phi) is 8.22. The van der Waals surface area contributed by atoms with Crippen molar-refractivity contribution in [3.63, 3.8) is 0 Å². The molecule has 0 aromatic heterocycles. The van der Waals surface area contributed by atoms with E-state index < -0.39 is 35.4 Å². The van der Waals surface area contributed by atoms with E-state index in [1.807, 2.05) is 0 Å². The third kappa shape index (κ3) is 5.76. The Labute approximate surface area is 226 Å². The molecule has 0 aliphatic carbocycles. The summed E-state index contributed by atoms with van der Waals surface area (Å²) in [6.45, 7) is 0. The van der Waals surface area contributed by atoms with Crippen molar-refractivity contribution in [1.29, 1.82) is 0 Å². The number of alkyl halides is 7. The van der Waals surface area contributed by atoms with Gasteiger partial charge in [-0.25, -0.2) is 4.39 Å². The Bertz CT molecular complexity index is 1260. The van der Waals surface area contributed by atoms with Crippen LogP contribution in [0.4, 0.5) is 42.1 Å². The number of anilines is 2. The number of carbonyl (C=O) groups excluding carboxylic acids is 2. The van der Waals surface area contributed by atoms with E-state index in [9.17, 15) is 40.3 Å². The number of carbonyl (C=O) groups is 2. The molecule has 0 aliphatic rings. The molecule has 0 fully saturated rings. The summed E-state index contributed by atoms with van der Waals surface area (Å²) in [5.41, 5.74) is -6.66. The quantitative estimate of drug-likeness (QED) is 0.209. The molecule has 0 heterocycles. The summed E-state index contributed by atoms with van der Waals surface area (Å²) >= 11 is 2.82. The Morgan fingerprint density at radius 3 is 1.67 bits per heavy atom. The number of hydrogen-bond donors (Lipinski definition) is 2. The molecule has 0 unspecified atom stereocenters. The Hall–Kier alpha value is -2.43. The van der Waals surface area contributed by atoms with Crippen molar-refractivity contribution in [1.82, 2.24) is 0 Å². The average Bonchev–Trinajstić information content (AvgIpc) is 2.79. The van der Waals surface area contributed by atoms with Crippen LogP contribution in [0, 0.1) is 7.14 Å². The molecule has 3 aromatic carbocycles. The fraction of sp³-hybridized carbons (Fsp3) is 0.130. The van der Waals surface area contributed by atoms with Crippen LogP contribution in [-0.4, -0.2) is 24.2 Å². The van der Waals surface area contributed by atoms with E-state index >= 15 is 0 Å². The van der Waals surface area contributed by atoms with Gasteiger partial charge in [-0.05, 0) is 87.6 Å². The summed E-state index contributed by atoms with van der Waals surface area (Å²) in [6.07, 6.45) is -12.5. The minimum absolute atomic E-state index is 0.0435. The second kappa shape index (κ2) is 10.5. The molecular formula is C23H13F7I2N2O2. The molecule has 0 bridgehead atoms. The van der Waals surface area contributed by atoms with Crippen molar-refractivity contribution in [2.24, 2.45) is 0 Å². The summed E-state index contributed by atoms with van der Waals surface area (Å²) in [5.74, 6) is -1.19. The van der Waals surface area contributed by atoms with Crippen LogP contribution in [0.15, 0.2) is 66.7 Å². The fourth-order valence-electron chi connectivity index (χ4n) is 3.10. The van der Waals surface area contributed by atoms with Gasteiger partial charge >= 0.3 is 18.0 Å². The zero-order valence-corrected chi connectivity index (χ0v) is 21.9. The van der Waals surface area contributed by atoms with Gasteiger partial charge in [0.25, 0.3) is 11.8 Å². The lowest BCUT2D eigenvalue weighted by molar-refractivity contribution is -0.348. The molecule has 3 aromatic rings. The van der Waals surface area contributed by atoms with Gasteiger partial charge in [-0.15, -0.1) is 0 Å². The lowest BCUT2D eigenvalue weighted by Crippen LogP contribution is -2.50. The van der Waals surface area contributed by atoms with Crippen molar-refractivity contribution in [3.8, 4) is 0 Å². The second-order valence-corrected chi connectivity index (χ2v) is 9.65. The zero-order valence-electron chi connectivity index (χ0n) is 17.6. The number of amides is 2. The molecule has 0 radical (unpaired) electrons. The molecule has 0 spiro atoms. The number of rotatable bonds is 5. The molecule has 13 heteroatoms. The van der Waals surface area contributed by atoms with Crippen molar-refractivity contribution >= 4 is 68.4 Å². The normalized spacial score (nSPS) is 12.2. The molecule has 0 aliphatic heterocycles. The first-order chi connectivity index (χ1) is 16.6. The first-order valence-electron chi connectivity index (χ1n) is 9.75. The third-order valence-electron chi connectivity index (χ3n) is 4.88. The molecule has 190 valence electrons. The minimum atomic E-state index is -6.26. The molecule has 2 N–H and O–H groups in total. The monoisotopic (exact) mass is 736 g/mol. The van der Waals surface area contributed by atoms with Crippen LogP contribution in [0.5, 0.6) is 0 Å². The van der Waals surface area contributed by atoms with Gasteiger partial charge in [-0.1, -0.05) is 24.3 Å². The van der Waals surface area contributed by atoms with E-state index in [1.54, 1.807) is 30.3 Å². The number of nitrogens with one attached hydrogen (secondary N) is 2. The van der Waals surface area contributed by atoms with Gasteiger partial charge in [0.15, 0.2) is 0 Å². The van der Waals surface area contributed by atoms with Gasteiger partial charge in [-0.2, -0.15) is 26.3 Å². The smallest absolute Gasteiger partial charge is 0.322 e. The molecule has 4 nitrogen and oxygen atoms in total. The molecular weight excluding hydrogens is 723 g/mol. The van der Waals surface area contributed by atoms with Crippen LogP contribution in [0.1, 0.15) is 26.3 Å². The predicted octanol–water partition coefficient (Wildman–Crippen LogP) is 7.69. The minimum Gasteiger partial charge on any atom is -0.322 e.